The summed E-state index contributed by atoms with van der Waals surface area (Å²) >= 11 is 0. The van der Waals surface area contributed by atoms with Crippen molar-refractivity contribution >= 4 is 0 Å². The first-order valence-electron chi connectivity index (χ1n) is 7.58. The van der Waals surface area contributed by atoms with E-state index in [1.54, 1.807) is 12.7 Å². The van der Waals surface area contributed by atoms with Crippen LogP contribution in [0.2, 0.25) is 0 Å². The van der Waals surface area contributed by atoms with E-state index in [9.17, 15) is 0 Å². The quantitative estimate of drug-likeness (QED) is 0.834. The number of aromatic nitrogens is 5. The van der Waals surface area contributed by atoms with Gasteiger partial charge in [-0.2, -0.15) is 10.1 Å². The van der Waals surface area contributed by atoms with Crippen molar-refractivity contribution in [1.82, 2.24) is 29.8 Å². The summed E-state index contributed by atoms with van der Waals surface area (Å²) in [5.74, 6) is 2.41. The third-order valence-electron chi connectivity index (χ3n) is 3.86. The molecule has 1 aliphatic rings. The van der Waals surface area contributed by atoms with E-state index in [1.807, 2.05) is 4.68 Å². The van der Waals surface area contributed by atoms with Gasteiger partial charge >= 0.3 is 0 Å². The molecule has 114 valence electrons. The van der Waals surface area contributed by atoms with Crippen LogP contribution in [-0.2, 0) is 13.1 Å². The van der Waals surface area contributed by atoms with Crippen LogP contribution in [0.5, 0.6) is 0 Å². The molecule has 2 aromatic heterocycles. The van der Waals surface area contributed by atoms with Crippen molar-refractivity contribution in [1.29, 1.82) is 0 Å². The standard InChI is InChI=1S/C14H22N6O/c1-11(2)14-17-13(18-21-14)8-19-5-3-4-12(6-19)7-20-10-15-9-16-20/h9-12H,3-8H2,1-2H3/t12-/m0/s1. The fourth-order valence-electron chi connectivity index (χ4n) is 2.80. The van der Waals surface area contributed by atoms with Crippen molar-refractivity contribution in [2.45, 2.75) is 45.7 Å². The number of nitrogens with zero attached hydrogens (tertiary/aromatic N) is 6. The lowest BCUT2D eigenvalue weighted by Crippen LogP contribution is -2.36. The zero-order valence-corrected chi connectivity index (χ0v) is 12.6. The second kappa shape index (κ2) is 6.34. The average Bonchev–Trinajstić information content (AvgIpc) is 3.11. The van der Waals surface area contributed by atoms with Crippen molar-refractivity contribution < 1.29 is 4.52 Å². The molecule has 0 N–H and O–H groups in total. The van der Waals surface area contributed by atoms with E-state index in [-0.39, 0.29) is 5.92 Å². The first-order chi connectivity index (χ1) is 10.2. The highest BCUT2D eigenvalue weighted by Gasteiger charge is 2.22. The van der Waals surface area contributed by atoms with Crippen molar-refractivity contribution in [3.05, 3.63) is 24.4 Å². The smallest absolute Gasteiger partial charge is 0.229 e. The molecule has 0 saturated carbocycles. The lowest BCUT2D eigenvalue weighted by atomic mass is 9.98. The fraction of sp³-hybridized carbons (Fsp3) is 0.714. The number of hydrogen-bond acceptors (Lipinski definition) is 6. The molecule has 1 aliphatic heterocycles. The molecule has 7 nitrogen and oxygen atoms in total. The molecule has 3 heterocycles. The van der Waals surface area contributed by atoms with Gasteiger partial charge in [-0.3, -0.25) is 9.58 Å². The van der Waals surface area contributed by atoms with E-state index in [2.05, 4.69) is 39.0 Å². The van der Waals surface area contributed by atoms with Gasteiger partial charge in [-0.15, -0.1) is 0 Å². The first kappa shape index (κ1) is 14.2. The van der Waals surface area contributed by atoms with Crippen molar-refractivity contribution in [2.75, 3.05) is 13.1 Å². The Hall–Kier alpha value is -1.76. The lowest BCUT2D eigenvalue weighted by molar-refractivity contribution is 0.149. The van der Waals surface area contributed by atoms with Gasteiger partial charge in [0.15, 0.2) is 5.82 Å². The minimum Gasteiger partial charge on any atom is -0.339 e. The molecule has 0 aromatic carbocycles. The molecule has 7 heteroatoms. The highest BCUT2D eigenvalue weighted by atomic mass is 16.5. The zero-order valence-electron chi connectivity index (χ0n) is 12.6. The molecule has 0 bridgehead atoms. The Bertz CT molecular complexity index is 550. The van der Waals surface area contributed by atoms with Crippen LogP contribution in [0.3, 0.4) is 0 Å². The minimum absolute atomic E-state index is 0.285. The Morgan fingerprint density at radius 1 is 1.43 bits per heavy atom. The minimum atomic E-state index is 0.285. The van der Waals surface area contributed by atoms with Crippen LogP contribution in [-0.4, -0.2) is 42.9 Å². The largest absolute Gasteiger partial charge is 0.339 e. The molecule has 0 amide bonds. The van der Waals surface area contributed by atoms with E-state index >= 15 is 0 Å². The fourth-order valence-corrected chi connectivity index (χ4v) is 2.80. The molecular weight excluding hydrogens is 268 g/mol. The summed E-state index contributed by atoms with van der Waals surface area (Å²) in [7, 11) is 0. The van der Waals surface area contributed by atoms with Crippen molar-refractivity contribution in [3.63, 3.8) is 0 Å². The predicted molar refractivity (Wildman–Crippen MR) is 76.4 cm³/mol. The second-order valence-electron chi connectivity index (χ2n) is 6.06. The van der Waals surface area contributed by atoms with E-state index in [0.29, 0.717) is 5.92 Å². The first-order valence-corrected chi connectivity index (χ1v) is 7.58. The Morgan fingerprint density at radius 2 is 2.33 bits per heavy atom. The highest BCUT2D eigenvalue weighted by molar-refractivity contribution is 4.91. The van der Waals surface area contributed by atoms with Crippen molar-refractivity contribution in [2.24, 2.45) is 5.92 Å². The van der Waals surface area contributed by atoms with Crippen molar-refractivity contribution in [3.8, 4) is 0 Å². The van der Waals surface area contributed by atoms with Gasteiger partial charge < -0.3 is 4.52 Å². The molecule has 2 aromatic rings. The van der Waals surface area contributed by atoms with E-state index in [1.165, 1.54) is 12.8 Å². The molecule has 0 unspecified atom stereocenters. The van der Waals surface area contributed by atoms with Crippen LogP contribution in [0.25, 0.3) is 0 Å². The maximum absolute atomic E-state index is 5.27. The van der Waals surface area contributed by atoms with Gasteiger partial charge in [-0.1, -0.05) is 19.0 Å². The summed E-state index contributed by atoms with van der Waals surface area (Å²) in [5, 5.41) is 8.27. The molecular formula is C14H22N6O. The summed E-state index contributed by atoms with van der Waals surface area (Å²) in [6, 6.07) is 0. The van der Waals surface area contributed by atoms with Gasteiger partial charge in [0.1, 0.15) is 12.7 Å². The Kier molecular flexibility index (Phi) is 4.28. The van der Waals surface area contributed by atoms with Crippen LogP contribution in [0.15, 0.2) is 17.2 Å². The second-order valence-corrected chi connectivity index (χ2v) is 6.06. The summed E-state index contributed by atoms with van der Waals surface area (Å²) in [5.41, 5.74) is 0. The number of rotatable bonds is 5. The zero-order chi connectivity index (χ0) is 14.7. The summed E-state index contributed by atoms with van der Waals surface area (Å²) < 4.78 is 7.19. The molecule has 21 heavy (non-hydrogen) atoms. The lowest BCUT2D eigenvalue weighted by Gasteiger charge is -2.31. The predicted octanol–water partition coefficient (Wildman–Crippen LogP) is 1.70. The monoisotopic (exact) mass is 290 g/mol. The Labute approximate surface area is 124 Å². The van der Waals surface area contributed by atoms with Gasteiger partial charge in [0.05, 0.1) is 6.54 Å². The number of hydrogen-bond donors (Lipinski definition) is 0. The maximum Gasteiger partial charge on any atom is 0.229 e. The third-order valence-corrected chi connectivity index (χ3v) is 3.86. The number of piperidine rings is 1. The Balaban J connectivity index is 1.55. The molecule has 1 fully saturated rings. The molecule has 0 radical (unpaired) electrons. The SMILES string of the molecule is CC(C)c1nc(CN2CCC[C@H](Cn3cncn3)C2)no1. The van der Waals surface area contributed by atoms with Gasteiger partial charge in [-0.05, 0) is 25.3 Å². The molecule has 3 rings (SSSR count). The topological polar surface area (TPSA) is 72.9 Å². The summed E-state index contributed by atoms with van der Waals surface area (Å²) in [6.45, 7) is 7.97. The van der Waals surface area contributed by atoms with Gasteiger partial charge in [0, 0.05) is 19.0 Å². The summed E-state index contributed by atoms with van der Waals surface area (Å²) in [4.78, 5) is 10.9. The van der Waals surface area contributed by atoms with Gasteiger partial charge in [0.25, 0.3) is 0 Å². The molecule has 0 spiro atoms. The Morgan fingerprint density at radius 3 is 3.05 bits per heavy atom. The highest BCUT2D eigenvalue weighted by Crippen LogP contribution is 2.20. The maximum atomic E-state index is 5.27. The molecule has 0 aliphatic carbocycles. The van der Waals surface area contributed by atoms with E-state index < -0.39 is 0 Å². The van der Waals surface area contributed by atoms with Crippen LogP contribution >= 0.6 is 0 Å². The van der Waals surface area contributed by atoms with Gasteiger partial charge in [0.2, 0.25) is 5.89 Å². The average molecular weight is 290 g/mol. The molecule has 1 atom stereocenters. The van der Waals surface area contributed by atoms with E-state index in [0.717, 1.165) is 37.9 Å². The molecule has 1 saturated heterocycles. The third kappa shape index (κ3) is 3.66. The number of likely N-dealkylation sites (tertiary alicyclic amines) is 1. The van der Waals surface area contributed by atoms with E-state index in [4.69, 9.17) is 4.52 Å². The van der Waals surface area contributed by atoms with Gasteiger partial charge in [-0.25, -0.2) is 4.98 Å². The van der Waals surface area contributed by atoms with Crippen LogP contribution in [0.1, 0.15) is 44.3 Å². The van der Waals surface area contributed by atoms with Crippen LogP contribution in [0.4, 0.5) is 0 Å². The van der Waals surface area contributed by atoms with Crippen LogP contribution < -0.4 is 0 Å². The van der Waals surface area contributed by atoms with Crippen LogP contribution in [0, 0.1) is 5.92 Å². The summed E-state index contributed by atoms with van der Waals surface area (Å²) in [6.07, 6.45) is 5.81. The normalized spacial score (nSPS) is 20.2.